The van der Waals surface area contributed by atoms with Crippen molar-refractivity contribution in [2.75, 3.05) is 13.7 Å². The van der Waals surface area contributed by atoms with Crippen LogP contribution in [-0.4, -0.2) is 31.2 Å². The van der Waals surface area contributed by atoms with Crippen molar-refractivity contribution in [1.29, 1.82) is 0 Å². The lowest BCUT2D eigenvalue weighted by Crippen LogP contribution is -2.04. The molecule has 1 N–H and O–H groups in total. The number of carbonyl (C=O) groups excluding carboxylic acids is 1. The number of phenolic OH excluding ortho intramolecular Hbond substituents is 1. The second-order valence-corrected chi connectivity index (χ2v) is 6.08. The molecule has 5 nitrogen and oxygen atoms in total. The Bertz CT molecular complexity index is 852. The van der Waals surface area contributed by atoms with Gasteiger partial charge in [-0.15, -0.1) is 0 Å². The summed E-state index contributed by atoms with van der Waals surface area (Å²) in [5.74, 6) is -0.231. The first kappa shape index (κ1) is 20.7. The van der Waals surface area contributed by atoms with Crippen LogP contribution in [0.1, 0.15) is 22.8 Å². The topological polar surface area (TPSA) is 65.0 Å². The van der Waals surface area contributed by atoms with Gasteiger partial charge in [-0.25, -0.2) is 0 Å². The second kappa shape index (κ2) is 9.36. The molecule has 0 aliphatic carbocycles. The molecule has 0 unspecified atom stereocenters. The Labute approximate surface area is 163 Å². The third kappa shape index (κ3) is 5.43. The number of methoxy groups -OCH3 is 1. The molecule has 0 fully saturated rings. The number of allylic oxidation sites excluding steroid dienone is 1. The summed E-state index contributed by atoms with van der Waals surface area (Å²) >= 11 is 3.22. The van der Waals surface area contributed by atoms with E-state index in [1.165, 1.54) is 31.4 Å². The first-order valence-electron chi connectivity index (χ1n) is 7.86. The van der Waals surface area contributed by atoms with E-state index in [1.54, 1.807) is 25.1 Å². The molecular formula is C19H17BrF2O5. The number of rotatable bonds is 8. The summed E-state index contributed by atoms with van der Waals surface area (Å²) in [6.45, 7) is -0.833. The molecule has 0 aromatic heterocycles. The summed E-state index contributed by atoms with van der Waals surface area (Å²) in [6, 6.07) is 7.15. The van der Waals surface area contributed by atoms with Gasteiger partial charge < -0.3 is 19.3 Å². The average Bonchev–Trinajstić information content (AvgIpc) is 2.63. The van der Waals surface area contributed by atoms with E-state index in [-0.39, 0.29) is 34.3 Å². The van der Waals surface area contributed by atoms with Crippen LogP contribution in [0, 0.1) is 0 Å². The van der Waals surface area contributed by atoms with E-state index in [2.05, 4.69) is 20.7 Å². The number of hydrogen-bond donors (Lipinski definition) is 1. The zero-order valence-corrected chi connectivity index (χ0v) is 16.1. The van der Waals surface area contributed by atoms with Gasteiger partial charge in [0.15, 0.2) is 28.8 Å². The highest BCUT2D eigenvalue weighted by Crippen LogP contribution is 2.36. The molecule has 0 atom stereocenters. The molecule has 2 aromatic carbocycles. The summed E-state index contributed by atoms with van der Waals surface area (Å²) < 4.78 is 39.8. The fourth-order valence-electron chi connectivity index (χ4n) is 2.24. The fraction of sp³-hybridized carbons (Fsp3) is 0.211. The number of phenols is 1. The van der Waals surface area contributed by atoms with Crippen LogP contribution in [0.4, 0.5) is 8.78 Å². The van der Waals surface area contributed by atoms with Crippen molar-refractivity contribution in [2.45, 2.75) is 13.5 Å². The maximum absolute atomic E-state index is 12.4. The lowest BCUT2D eigenvalue weighted by atomic mass is 10.1. The van der Waals surface area contributed by atoms with Crippen LogP contribution in [0.2, 0.25) is 0 Å². The quantitative estimate of drug-likeness (QED) is 0.457. The van der Waals surface area contributed by atoms with E-state index in [0.717, 1.165) is 0 Å². The van der Waals surface area contributed by atoms with Crippen LogP contribution in [0.3, 0.4) is 0 Å². The number of aromatic hydroxyl groups is 1. The first-order chi connectivity index (χ1) is 12.8. The molecule has 8 heteroatoms. The van der Waals surface area contributed by atoms with E-state index in [4.69, 9.17) is 9.47 Å². The maximum atomic E-state index is 12.4. The second-order valence-electron chi connectivity index (χ2n) is 5.22. The Morgan fingerprint density at radius 1 is 1.22 bits per heavy atom. The Morgan fingerprint density at radius 2 is 1.96 bits per heavy atom. The number of ketones is 1. The van der Waals surface area contributed by atoms with Crippen LogP contribution in [-0.2, 0) is 0 Å². The van der Waals surface area contributed by atoms with E-state index in [9.17, 15) is 18.7 Å². The van der Waals surface area contributed by atoms with Gasteiger partial charge in [-0.1, -0.05) is 6.08 Å². The van der Waals surface area contributed by atoms with Crippen LogP contribution < -0.4 is 14.2 Å². The third-order valence-corrected chi connectivity index (χ3v) is 4.05. The third-order valence-electron chi connectivity index (χ3n) is 3.44. The van der Waals surface area contributed by atoms with Crippen molar-refractivity contribution < 1.29 is 32.9 Å². The van der Waals surface area contributed by atoms with Crippen LogP contribution in [0.25, 0.3) is 6.08 Å². The Morgan fingerprint density at radius 3 is 2.59 bits per heavy atom. The van der Waals surface area contributed by atoms with Crippen molar-refractivity contribution in [3.8, 4) is 23.0 Å². The highest BCUT2D eigenvalue weighted by atomic mass is 79.9. The highest BCUT2D eigenvalue weighted by Gasteiger charge is 2.13. The van der Waals surface area contributed by atoms with Crippen molar-refractivity contribution in [1.82, 2.24) is 0 Å². The Balaban J connectivity index is 2.24. The van der Waals surface area contributed by atoms with E-state index < -0.39 is 6.61 Å². The number of carbonyl (C=O) groups is 1. The van der Waals surface area contributed by atoms with Crippen molar-refractivity contribution in [2.24, 2.45) is 0 Å². The number of ether oxygens (including phenoxy) is 3. The molecular weight excluding hydrogens is 426 g/mol. The molecule has 0 saturated heterocycles. The summed E-state index contributed by atoms with van der Waals surface area (Å²) in [5, 5.41) is 9.91. The summed E-state index contributed by atoms with van der Waals surface area (Å²) in [7, 11) is 1.29. The minimum atomic E-state index is -2.99. The zero-order chi connectivity index (χ0) is 20.0. The lowest BCUT2D eigenvalue weighted by Gasteiger charge is -2.10. The van der Waals surface area contributed by atoms with Gasteiger partial charge in [0.05, 0.1) is 18.2 Å². The van der Waals surface area contributed by atoms with Crippen LogP contribution >= 0.6 is 15.9 Å². The first-order valence-corrected chi connectivity index (χ1v) is 8.65. The van der Waals surface area contributed by atoms with Crippen molar-refractivity contribution >= 4 is 27.8 Å². The molecule has 144 valence electrons. The van der Waals surface area contributed by atoms with Crippen LogP contribution in [0.15, 0.2) is 40.9 Å². The van der Waals surface area contributed by atoms with Gasteiger partial charge in [0.2, 0.25) is 0 Å². The monoisotopic (exact) mass is 442 g/mol. The average molecular weight is 443 g/mol. The predicted molar refractivity (Wildman–Crippen MR) is 100.0 cm³/mol. The molecule has 2 rings (SSSR count). The number of hydrogen-bond acceptors (Lipinski definition) is 5. The van der Waals surface area contributed by atoms with Gasteiger partial charge in [-0.2, -0.15) is 8.78 Å². The normalized spacial score (nSPS) is 11.0. The molecule has 2 aromatic rings. The summed E-state index contributed by atoms with van der Waals surface area (Å²) in [5.41, 5.74) is 0.869. The standard InChI is InChI=1S/C19H17BrF2O5/c1-3-26-17-9-11(8-13(20)18(17)24)4-6-14(23)12-5-7-15(27-19(21)22)16(10-12)25-2/h4-10,19,24H,3H2,1-2H3/b6-4+. The molecule has 27 heavy (non-hydrogen) atoms. The van der Waals surface area contributed by atoms with Gasteiger partial charge in [-0.3, -0.25) is 4.79 Å². The Kier molecular flexibility index (Phi) is 7.18. The minimum Gasteiger partial charge on any atom is -0.503 e. The van der Waals surface area contributed by atoms with E-state index in [0.29, 0.717) is 16.6 Å². The summed E-state index contributed by atoms with van der Waals surface area (Å²) in [4.78, 5) is 12.4. The SMILES string of the molecule is CCOc1cc(/C=C/C(=O)c2ccc(OC(F)F)c(OC)c2)cc(Br)c1O. The van der Waals surface area contributed by atoms with Crippen molar-refractivity contribution in [3.05, 3.63) is 52.0 Å². The van der Waals surface area contributed by atoms with Crippen LogP contribution in [0.5, 0.6) is 23.0 Å². The van der Waals surface area contributed by atoms with Gasteiger partial charge in [-0.05, 0) is 64.8 Å². The summed E-state index contributed by atoms with van der Waals surface area (Å²) in [6.07, 6.45) is 2.86. The van der Waals surface area contributed by atoms with E-state index in [1.807, 2.05) is 0 Å². The molecule has 0 bridgehead atoms. The highest BCUT2D eigenvalue weighted by molar-refractivity contribution is 9.10. The fourth-order valence-corrected chi connectivity index (χ4v) is 2.70. The molecule has 0 heterocycles. The molecule has 0 amide bonds. The molecule has 0 radical (unpaired) electrons. The number of alkyl halides is 2. The largest absolute Gasteiger partial charge is 0.503 e. The van der Waals surface area contributed by atoms with Gasteiger partial charge >= 0.3 is 6.61 Å². The van der Waals surface area contributed by atoms with E-state index >= 15 is 0 Å². The molecule has 0 spiro atoms. The smallest absolute Gasteiger partial charge is 0.387 e. The van der Waals surface area contributed by atoms with Gasteiger partial charge in [0, 0.05) is 5.56 Å². The minimum absolute atomic E-state index is 0.0281. The molecule has 0 saturated carbocycles. The number of benzene rings is 2. The van der Waals surface area contributed by atoms with Gasteiger partial charge in [0.25, 0.3) is 0 Å². The lowest BCUT2D eigenvalue weighted by molar-refractivity contribution is -0.0512. The van der Waals surface area contributed by atoms with Gasteiger partial charge in [0.1, 0.15) is 0 Å². The predicted octanol–water partition coefficient (Wildman–Crippen LogP) is 5.06. The zero-order valence-electron chi connectivity index (χ0n) is 14.5. The number of halogens is 3. The maximum Gasteiger partial charge on any atom is 0.387 e. The molecule has 0 aliphatic rings. The van der Waals surface area contributed by atoms with Crippen molar-refractivity contribution in [3.63, 3.8) is 0 Å². The Hall–Kier alpha value is -2.61. The molecule has 0 aliphatic heterocycles.